The van der Waals surface area contributed by atoms with Gasteiger partial charge in [-0.05, 0) is 37.0 Å². The molecule has 116 valence electrons. The fourth-order valence-electron chi connectivity index (χ4n) is 3.06. The van der Waals surface area contributed by atoms with Gasteiger partial charge in [0.05, 0.1) is 6.04 Å². The number of phenols is 1. The van der Waals surface area contributed by atoms with Crippen LogP contribution in [0.1, 0.15) is 44.1 Å². The maximum Gasteiger partial charge on any atom is 0.239 e. The fourth-order valence-corrected chi connectivity index (χ4v) is 3.06. The van der Waals surface area contributed by atoms with Crippen molar-refractivity contribution in [2.24, 2.45) is 5.73 Å². The Hall–Kier alpha value is -1.55. The summed E-state index contributed by atoms with van der Waals surface area (Å²) in [7, 11) is 1.88. The average Bonchev–Trinajstić information content (AvgIpc) is 2.77. The SMILES string of the molecule is CN(C(=O)[C@H](N)Cc1ccc(O)cc1)C1CCCCCC1. The van der Waals surface area contributed by atoms with Crippen LogP contribution in [0.4, 0.5) is 0 Å². The molecule has 1 fully saturated rings. The number of rotatable bonds is 4. The van der Waals surface area contributed by atoms with Crippen LogP contribution in [0.5, 0.6) is 5.75 Å². The van der Waals surface area contributed by atoms with E-state index in [-0.39, 0.29) is 11.7 Å². The molecule has 0 unspecified atom stereocenters. The Kier molecular flexibility index (Phi) is 5.62. The number of hydrogen-bond acceptors (Lipinski definition) is 3. The number of benzene rings is 1. The highest BCUT2D eigenvalue weighted by molar-refractivity contribution is 5.82. The van der Waals surface area contributed by atoms with Gasteiger partial charge in [-0.3, -0.25) is 4.79 Å². The van der Waals surface area contributed by atoms with Crippen molar-refractivity contribution in [1.29, 1.82) is 0 Å². The Bertz CT molecular complexity index is 450. The lowest BCUT2D eigenvalue weighted by atomic mass is 10.0. The summed E-state index contributed by atoms with van der Waals surface area (Å²) in [6.07, 6.45) is 7.65. The summed E-state index contributed by atoms with van der Waals surface area (Å²) in [6.45, 7) is 0. The van der Waals surface area contributed by atoms with Gasteiger partial charge in [0, 0.05) is 13.1 Å². The molecule has 0 aliphatic heterocycles. The lowest BCUT2D eigenvalue weighted by Gasteiger charge is -2.29. The van der Waals surface area contributed by atoms with Gasteiger partial charge in [0.25, 0.3) is 0 Å². The van der Waals surface area contributed by atoms with Gasteiger partial charge < -0.3 is 15.7 Å². The molecule has 1 aliphatic carbocycles. The number of aromatic hydroxyl groups is 1. The van der Waals surface area contributed by atoms with Crippen molar-refractivity contribution >= 4 is 5.91 Å². The van der Waals surface area contributed by atoms with Crippen LogP contribution in [-0.4, -0.2) is 35.0 Å². The molecule has 1 aliphatic rings. The summed E-state index contributed by atoms with van der Waals surface area (Å²) in [5.74, 6) is 0.254. The molecule has 4 heteroatoms. The fraction of sp³-hybridized carbons (Fsp3) is 0.588. The molecule has 0 radical (unpaired) electrons. The largest absolute Gasteiger partial charge is 0.508 e. The van der Waals surface area contributed by atoms with Crippen LogP contribution < -0.4 is 5.73 Å². The lowest BCUT2D eigenvalue weighted by molar-refractivity contribution is -0.133. The van der Waals surface area contributed by atoms with E-state index in [2.05, 4.69) is 0 Å². The topological polar surface area (TPSA) is 66.6 Å². The molecule has 1 aromatic rings. The monoisotopic (exact) mass is 290 g/mol. The van der Waals surface area contributed by atoms with Gasteiger partial charge in [-0.1, -0.05) is 37.8 Å². The number of carbonyl (C=O) groups excluding carboxylic acids is 1. The first-order valence-corrected chi connectivity index (χ1v) is 7.88. The van der Waals surface area contributed by atoms with E-state index >= 15 is 0 Å². The minimum absolute atomic E-state index is 0.0231. The smallest absolute Gasteiger partial charge is 0.239 e. The average molecular weight is 290 g/mol. The van der Waals surface area contributed by atoms with E-state index in [1.165, 1.54) is 25.7 Å². The lowest BCUT2D eigenvalue weighted by Crippen LogP contribution is -2.47. The van der Waals surface area contributed by atoms with Crippen LogP contribution in [0, 0.1) is 0 Å². The highest BCUT2D eigenvalue weighted by atomic mass is 16.3. The van der Waals surface area contributed by atoms with Crippen molar-refractivity contribution in [2.45, 2.75) is 57.0 Å². The molecule has 0 aromatic heterocycles. The predicted molar refractivity (Wildman–Crippen MR) is 84.0 cm³/mol. The number of nitrogens with two attached hydrogens (primary N) is 1. The summed E-state index contributed by atoms with van der Waals surface area (Å²) in [5.41, 5.74) is 7.06. The van der Waals surface area contributed by atoms with E-state index in [4.69, 9.17) is 5.73 Å². The number of nitrogens with zero attached hydrogens (tertiary/aromatic N) is 1. The van der Waals surface area contributed by atoms with E-state index in [0.29, 0.717) is 12.5 Å². The maximum absolute atomic E-state index is 12.5. The quantitative estimate of drug-likeness (QED) is 0.837. The molecule has 1 aromatic carbocycles. The summed E-state index contributed by atoms with van der Waals surface area (Å²) in [4.78, 5) is 14.3. The van der Waals surface area contributed by atoms with Gasteiger partial charge in [-0.2, -0.15) is 0 Å². The molecular weight excluding hydrogens is 264 g/mol. The zero-order valence-electron chi connectivity index (χ0n) is 12.8. The van der Waals surface area contributed by atoms with Gasteiger partial charge in [-0.15, -0.1) is 0 Å². The molecule has 1 saturated carbocycles. The van der Waals surface area contributed by atoms with E-state index in [1.54, 1.807) is 12.1 Å². The standard InChI is InChI=1S/C17H26N2O2/c1-19(14-6-4-2-3-5-7-14)17(21)16(18)12-13-8-10-15(20)11-9-13/h8-11,14,16,20H,2-7,12,18H2,1H3/t16-/m1/s1. The second-order valence-corrected chi connectivity index (χ2v) is 6.07. The first kappa shape index (κ1) is 15.8. The number of amides is 1. The van der Waals surface area contributed by atoms with Crippen LogP contribution in [0.25, 0.3) is 0 Å². The van der Waals surface area contributed by atoms with Gasteiger partial charge in [0.1, 0.15) is 5.75 Å². The minimum Gasteiger partial charge on any atom is -0.508 e. The second-order valence-electron chi connectivity index (χ2n) is 6.07. The molecule has 0 heterocycles. The Balaban J connectivity index is 1.92. The van der Waals surface area contributed by atoms with Crippen molar-refractivity contribution in [3.8, 4) is 5.75 Å². The first-order chi connectivity index (χ1) is 10.1. The van der Waals surface area contributed by atoms with Crippen molar-refractivity contribution < 1.29 is 9.90 Å². The number of likely N-dealkylation sites (N-methyl/N-ethyl adjacent to an activating group) is 1. The van der Waals surface area contributed by atoms with Crippen molar-refractivity contribution in [3.05, 3.63) is 29.8 Å². The normalized spacial score (nSPS) is 18.0. The third-order valence-electron chi connectivity index (χ3n) is 4.43. The van der Waals surface area contributed by atoms with Crippen LogP contribution in [0.2, 0.25) is 0 Å². The Labute approximate surface area is 126 Å². The molecular formula is C17H26N2O2. The molecule has 1 atom stereocenters. The number of carbonyl (C=O) groups is 1. The van der Waals surface area contributed by atoms with Crippen LogP contribution >= 0.6 is 0 Å². The van der Waals surface area contributed by atoms with Gasteiger partial charge in [0.15, 0.2) is 0 Å². The van der Waals surface area contributed by atoms with Crippen molar-refractivity contribution in [2.75, 3.05) is 7.05 Å². The van der Waals surface area contributed by atoms with E-state index in [9.17, 15) is 9.90 Å². The van der Waals surface area contributed by atoms with E-state index in [1.807, 2.05) is 24.1 Å². The predicted octanol–water partition coefficient (Wildman–Crippen LogP) is 2.44. The third-order valence-corrected chi connectivity index (χ3v) is 4.43. The zero-order valence-corrected chi connectivity index (χ0v) is 12.8. The summed E-state index contributed by atoms with van der Waals surface area (Å²) < 4.78 is 0. The third kappa shape index (κ3) is 4.46. The summed E-state index contributed by atoms with van der Waals surface area (Å²) >= 11 is 0. The number of phenolic OH excluding ortho intramolecular Hbond substituents is 1. The van der Waals surface area contributed by atoms with Gasteiger partial charge in [0.2, 0.25) is 5.91 Å². The molecule has 0 bridgehead atoms. The van der Waals surface area contributed by atoms with E-state index in [0.717, 1.165) is 18.4 Å². The summed E-state index contributed by atoms with van der Waals surface area (Å²) in [6, 6.07) is 6.71. The molecule has 0 spiro atoms. The first-order valence-electron chi connectivity index (χ1n) is 7.88. The Morgan fingerprint density at radius 2 is 1.81 bits per heavy atom. The molecule has 2 rings (SSSR count). The van der Waals surface area contributed by atoms with Crippen molar-refractivity contribution in [1.82, 2.24) is 4.90 Å². The minimum atomic E-state index is -0.511. The maximum atomic E-state index is 12.5. The number of hydrogen-bond donors (Lipinski definition) is 2. The second kappa shape index (κ2) is 7.46. The molecule has 3 N–H and O–H groups in total. The van der Waals surface area contributed by atoms with E-state index < -0.39 is 6.04 Å². The van der Waals surface area contributed by atoms with Gasteiger partial charge in [-0.25, -0.2) is 0 Å². The highest BCUT2D eigenvalue weighted by Gasteiger charge is 2.25. The highest BCUT2D eigenvalue weighted by Crippen LogP contribution is 2.21. The van der Waals surface area contributed by atoms with Crippen LogP contribution in [0.15, 0.2) is 24.3 Å². The van der Waals surface area contributed by atoms with Gasteiger partial charge >= 0.3 is 0 Å². The molecule has 21 heavy (non-hydrogen) atoms. The zero-order chi connectivity index (χ0) is 15.2. The molecule has 1 amide bonds. The van der Waals surface area contributed by atoms with Crippen LogP contribution in [-0.2, 0) is 11.2 Å². The molecule has 4 nitrogen and oxygen atoms in total. The molecule has 0 saturated heterocycles. The Morgan fingerprint density at radius 1 is 1.24 bits per heavy atom. The summed E-state index contributed by atoms with van der Waals surface area (Å²) in [5, 5.41) is 9.28. The van der Waals surface area contributed by atoms with Crippen molar-refractivity contribution in [3.63, 3.8) is 0 Å². The van der Waals surface area contributed by atoms with Crippen LogP contribution in [0.3, 0.4) is 0 Å². The Morgan fingerprint density at radius 3 is 2.38 bits per heavy atom.